The van der Waals surface area contributed by atoms with E-state index in [1.807, 2.05) is 24.3 Å². The zero-order chi connectivity index (χ0) is 15.1. The van der Waals surface area contributed by atoms with E-state index in [0.717, 1.165) is 5.56 Å². The summed E-state index contributed by atoms with van der Waals surface area (Å²) in [6, 6.07) is 10.1. The Morgan fingerprint density at radius 2 is 2.00 bits per heavy atom. The van der Waals surface area contributed by atoms with Crippen LogP contribution in [0.1, 0.15) is 17.3 Å². The van der Waals surface area contributed by atoms with Gasteiger partial charge in [0.1, 0.15) is 18.2 Å². The average Bonchev–Trinajstić information content (AvgIpc) is 2.51. The zero-order valence-corrected chi connectivity index (χ0v) is 12.2. The molecule has 1 atom stereocenters. The molecule has 1 N–H and O–H groups in total. The lowest BCUT2D eigenvalue weighted by molar-refractivity contribution is 0.145. The Morgan fingerprint density at radius 3 is 2.71 bits per heavy atom. The minimum Gasteiger partial charge on any atom is -0.491 e. The van der Waals surface area contributed by atoms with Gasteiger partial charge in [0, 0.05) is 18.9 Å². The molecule has 0 radical (unpaired) electrons. The predicted octanol–water partition coefficient (Wildman–Crippen LogP) is 2.55. The number of halogens is 1. The van der Waals surface area contributed by atoms with Crippen LogP contribution in [-0.4, -0.2) is 32.4 Å². The Balaban J connectivity index is 2.32. The highest BCUT2D eigenvalue weighted by Gasteiger charge is 2.20. The van der Waals surface area contributed by atoms with E-state index in [9.17, 15) is 4.39 Å². The molecule has 4 nitrogen and oxygen atoms in total. The fourth-order valence-electron chi connectivity index (χ4n) is 2.14. The number of hydrogen-bond donors (Lipinski definition) is 1. The SMILES string of the molecule is CNC(c1ccccc1OCCOC)c1ncccc1F. The molecule has 0 amide bonds. The van der Waals surface area contributed by atoms with E-state index in [2.05, 4.69) is 10.3 Å². The van der Waals surface area contributed by atoms with Crippen molar-refractivity contribution in [3.8, 4) is 5.75 Å². The third-order valence-corrected chi connectivity index (χ3v) is 3.12. The largest absolute Gasteiger partial charge is 0.491 e. The van der Waals surface area contributed by atoms with E-state index in [1.165, 1.54) is 6.07 Å². The summed E-state index contributed by atoms with van der Waals surface area (Å²) in [5.74, 6) is 0.350. The Kier molecular flexibility index (Phi) is 5.66. The fourth-order valence-corrected chi connectivity index (χ4v) is 2.14. The number of nitrogens with zero attached hydrogens (tertiary/aromatic N) is 1. The number of pyridine rings is 1. The maximum Gasteiger partial charge on any atom is 0.146 e. The number of methoxy groups -OCH3 is 1. The first-order chi connectivity index (χ1) is 10.3. The van der Waals surface area contributed by atoms with Gasteiger partial charge in [-0.25, -0.2) is 4.39 Å². The van der Waals surface area contributed by atoms with Crippen LogP contribution in [0.2, 0.25) is 0 Å². The van der Waals surface area contributed by atoms with Crippen LogP contribution < -0.4 is 10.1 Å². The first-order valence-electron chi connectivity index (χ1n) is 6.76. The standard InChI is InChI=1S/C16H19FN2O2/c1-18-15(16-13(17)7-5-9-19-16)12-6-3-4-8-14(12)21-11-10-20-2/h3-9,15,18H,10-11H2,1-2H3. The maximum absolute atomic E-state index is 14.0. The van der Waals surface area contributed by atoms with E-state index in [4.69, 9.17) is 9.47 Å². The van der Waals surface area contributed by atoms with Crippen LogP contribution in [-0.2, 0) is 4.74 Å². The third kappa shape index (κ3) is 3.77. The topological polar surface area (TPSA) is 43.4 Å². The maximum atomic E-state index is 14.0. The van der Waals surface area contributed by atoms with Gasteiger partial charge < -0.3 is 14.8 Å². The zero-order valence-electron chi connectivity index (χ0n) is 12.2. The molecule has 1 unspecified atom stereocenters. The Bertz CT molecular complexity index is 578. The second-order valence-corrected chi connectivity index (χ2v) is 4.47. The van der Waals surface area contributed by atoms with Crippen molar-refractivity contribution < 1.29 is 13.9 Å². The molecule has 0 aliphatic carbocycles. The van der Waals surface area contributed by atoms with Crippen molar-refractivity contribution in [2.24, 2.45) is 0 Å². The molecule has 0 saturated carbocycles. The minimum atomic E-state index is -0.370. The molecule has 21 heavy (non-hydrogen) atoms. The molecule has 1 aromatic carbocycles. The lowest BCUT2D eigenvalue weighted by Crippen LogP contribution is -2.21. The van der Waals surface area contributed by atoms with Crippen LogP contribution in [0.15, 0.2) is 42.6 Å². The normalized spacial score (nSPS) is 12.1. The summed E-state index contributed by atoms with van der Waals surface area (Å²) >= 11 is 0. The number of benzene rings is 1. The summed E-state index contributed by atoms with van der Waals surface area (Å²) in [4.78, 5) is 4.15. The van der Waals surface area contributed by atoms with Gasteiger partial charge in [0.15, 0.2) is 0 Å². The van der Waals surface area contributed by atoms with Gasteiger partial charge in [-0.1, -0.05) is 18.2 Å². The lowest BCUT2D eigenvalue weighted by Gasteiger charge is -2.20. The molecule has 0 aliphatic rings. The van der Waals surface area contributed by atoms with Crippen molar-refractivity contribution in [2.75, 3.05) is 27.4 Å². The number of aromatic nitrogens is 1. The van der Waals surface area contributed by atoms with E-state index in [0.29, 0.717) is 24.7 Å². The van der Waals surface area contributed by atoms with Gasteiger partial charge in [-0.15, -0.1) is 0 Å². The van der Waals surface area contributed by atoms with Crippen LogP contribution in [0, 0.1) is 5.82 Å². The quantitative estimate of drug-likeness (QED) is 0.796. The van der Waals surface area contributed by atoms with Crippen molar-refractivity contribution in [1.29, 1.82) is 0 Å². The smallest absolute Gasteiger partial charge is 0.146 e. The van der Waals surface area contributed by atoms with Crippen LogP contribution in [0.5, 0.6) is 5.75 Å². The van der Waals surface area contributed by atoms with Gasteiger partial charge in [-0.2, -0.15) is 0 Å². The van der Waals surface area contributed by atoms with Gasteiger partial charge in [-0.05, 0) is 25.2 Å². The highest BCUT2D eigenvalue weighted by Crippen LogP contribution is 2.29. The third-order valence-electron chi connectivity index (χ3n) is 3.12. The molecule has 112 valence electrons. The Hall–Kier alpha value is -1.98. The summed E-state index contributed by atoms with van der Waals surface area (Å²) in [5.41, 5.74) is 1.19. The van der Waals surface area contributed by atoms with Crippen molar-refractivity contribution in [3.63, 3.8) is 0 Å². The van der Waals surface area contributed by atoms with Gasteiger partial charge in [0.05, 0.1) is 18.3 Å². The minimum absolute atomic E-state index is 0.344. The summed E-state index contributed by atoms with van der Waals surface area (Å²) in [7, 11) is 3.39. The number of hydrogen-bond acceptors (Lipinski definition) is 4. The van der Waals surface area contributed by atoms with Gasteiger partial charge in [-0.3, -0.25) is 4.98 Å². The van der Waals surface area contributed by atoms with Gasteiger partial charge >= 0.3 is 0 Å². The lowest BCUT2D eigenvalue weighted by atomic mass is 10.0. The van der Waals surface area contributed by atoms with Crippen molar-refractivity contribution >= 4 is 0 Å². The number of nitrogens with one attached hydrogen (secondary N) is 1. The molecule has 0 spiro atoms. The fraction of sp³-hybridized carbons (Fsp3) is 0.312. The van der Waals surface area contributed by atoms with Gasteiger partial charge in [0.2, 0.25) is 0 Å². The van der Waals surface area contributed by atoms with Crippen LogP contribution in [0.4, 0.5) is 4.39 Å². The average molecular weight is 290 g/mol. The first-order valence-corrected chi connectivity index (χ1v) is 6.76. The Morgan fingerprint density at radius 1 is 1.19 bits per heavy atom. The summed E-state index contributed by atoms with van der Waals surface area (Å²) in [6.45, 7) is 0.936. The molecule has 5 heteroatoms. The molecule has 2 aromatic rings. The summed E-state index contributed by atoms with van der Waals surface area (Å²) in [5, 5.41) is 3.09. The molecule has 0 bridgehead atoms. The molecular weight excluding hydrogens is 271 g/mol. The monoisotopic (exact) mass is 290 g/mol. The molecule has 2 rings (SSSR count). The summed E-state index contributed by atoms with van der Waals surface area (Å²) in [6.07, 6.45) is 1.58. The van der Waals surface area contributed by atoms with Crippen LogP contribution in [0.25, 0.3) is 0 Å². The van der Waals surface area contributed by atoms with Crippen molar-refractivity contribution in [1.82, 2.24) is 10.3 Å². The molecule has 1 heterocycles. The molecule has 0 aliphatic heterocycles. The highest BCUT2D eigenvalue weighted by atomic mass is 19.1. The first kappa shape index (κ1) is 15.4. The molecule has 0 fully saturated rings. The summed E-state index contributed by atoms with van der Waals surface area (Å²) < 4.78 is 24.7. The van der Waals surface area contributed by atoms with Crippen molar-refractivity contribution in [2.45, 2.75) is 6.04 Å². The van der Waals surface area contributed by atoms with E-state index in [-0.39, 0.29) is 11.9 Å². The molecule has 0 saturated heterocycles. The highest BCUT2D eigenvalue weighted by molar-refractivity contribution is 5.40. The van der Waals surface area contributed by atoms with E-state index < -0.39 is 0 Å². The number of ether oxygens (including phenoxy) is 2. The predicted molar refractivity (Wildman–Crippen MR) is 78.9 cm³/mol. The second-order valence-electron chi connectivity index (χ2n) is 4.47. The van der Waals surface area contributed by atoms with Crippen molar-refractivity contribution in [3.05, 3.63) is 59.7 Å². The Labute approximate surface area is 123 Å². The van der Waals surface area contributed by atoms with E-state index in [1.54, 1.807) is 26.4 Å². The number of rotatable bonds is 7. The van der Waals surface area contributed by atoms with E-state index >= 15 is 0 Å². The number of para-hydroxylation sites is 1. The van der Waals surface area contributed by atoms with Crippen LogP contribution >= 0.6 is 0 Å². The van der Waals surface area contributed by atoms with Gasteiger partial charge in [0.25, 0.3) is 0 Å². The van der Waals surface area contributed by atoms with Crippen LogP contribution in [0.3, 0.4) is 0 Å². The molecule has 1 aromatic heterocycles. The second kappa shape index (κ2) is 7.71. The molecular formula is C16H19FN2O2.